The Bertz CT molecular complexity index is 2130. The lowest BCUT2D eigenvalue weighted by Crippen LogP contribution is -2.05. The van der Waals surface area contributed by atoms with E-state index in [1.165, 1.54) is 66.1 Å². The number of rotatable bonds is 3. The Hall–Kier alpha value is -4.89. The zero-order valence-corrected chi connectivity index (χ0v) is 26.2. The molecule has 1 aromatic heterocycles. The van der Waals surface area contributed by atoms with Gasteiger partial charge >= 0.3 is 0 Å². The van der Waals surface area contributed by atoms with E-state index in [9.17, 15) is 0 Å². The quantitative estimate of drug-likeness (QED) is 0.199. The highest BCUT2D eigenvalue weighted by atomic mass is 15.0. The highest BCUT2D eigenvalue weighted by molar-refractivity contribution is 6.16. The van der Waals surface area contributed by atoms with Crippen molar-refractivity contribution in [1.29, 1.82) is 0 Å². The average Bonchev–Trinajstić information content (AvgIpc) is 3.32. The fourth-order valence-electron chi connectivity index (χ4n) is 8.12. The first kappa shape index (κ1) is 26.7. The zero-order chi connectivity index (χ0) is 30.3. The zero-order valence-electron chi connectivity index (χ0n) is 26.2. The minimum atomic E-state index is 0.332. The summed E-state index contributed by atoms with van der Waals surface area (Å²) >= 11 is 0. The fourth-order valence-corrected chi connectivity index (χ4v) is 8.12. The standard InChI is InChI=1S/C41H35N3/c1-22-18-24(3)34(25(4)19-22)39-42-40(35-26(5)20-23(2)21-27(35)6)44-41(43-39)38-32-15-10-9-14-31(32)36-29-13-8-7-12-28(29)30-16-11-17-33(38)37(30)36/h7-21,28-29H,1-6H3. The molecule has 0 amide bonds. The van der Waals surface area contributed by atoms with Crippen LogP contribution in [0.25, 0.3) is 55.7 Å². The number of allylic oxidation sites excluding steroid dienone is 4. The number of aryl methyl sites for hydroxylation is 6. The summed E-state index contributed by atoms with van der Waals surface area (Å²) in [5, 5.41) is 5.03. The van der Waals surface area contributed by atoms with Crippen molar-refractivity contribution < 1.29 is 0 Å². The van der Waals surface area contributed by atoms with E-state index in [-0.39, 0.29) is 0 Å². The number of hydrogen-bond donors (Lipinski definition) is 0. The molecule has 3 heteroatoms. The Morgan fingerprint density at radius 3 is 1.52 bits per heavy atom. The average molecular weight is 570 g/mol. The van der Waals surface area contributed by atoms with Crippen molar-refractivity contribution in [3.8, 4) is 34.2 Å². The third-order valence-corrected chi connectivity index (χ3v) is 9.61. The minimum Gasteiger partial charge on any atom is -0.208 e. The molecule has 0 radical (unpaired) electrons. The van der Waals surface area contributed by atoms with Gasteiger partial charge in [0.25, 0.3) is 0 Å². The van der Waals surface area contributed by atoms with Gasteiger partial charge in [0.1, 0.15) is 0 Å². The molecule has 8 rings (SSSR count). The second-order valence-corrected chi connectivity index (χ2v) is 12.8. The topological polar surface area (TPSA) is 38.7 Å². The van der Waals surface area contributed by atoms with Crippen LogP contribution in [0.15, 0.2) is 91.0 Å². The maximum atomic E-state index is 5.35. The number of hydrogen-bond acceptors (Lipinski definition) is 3. The van der Waals surface area contributed by atoms with Gasteiger partial charge in [-0.25, -0.2) is 15.0 Å². The Labute approximate surface area is 259 Å². The highest BCUT2D eigenvalue weighted by Crippen LogP contribution is 2.54. The lowest BCUT2D eigenvalue weighted by molar-refractivity contribution is 0.773. The summed E-state index contributed by atoms with van der Waals surface area (Å²) in [6.45, 7) is 13.0. The molecule has 1 heterocycles. The molecule has 0 saturated heterocycles. The van der Waals surface area contributed by atoms with Crippen molar-refractivity contribution in [3.05, 3.63) is 136 Å². The molecule has 0 N–H and O–H groups in total. The van der Waals surface area contributed by atoms with Crippen LogP contribution in [0.1, 0.15) is 56.3 Å². The SMILES string of the molecule is Cc1cc(C)c(-c2nc(-c3c(C)cc(C)cc3C)nc(-c3c4ccccc4c4c5c(cccc35)C3C=CC=CC43)n2)c(C)c1. The molecule has 2 aliphatic rings. The maximum Gasteiger partial charge on any atom is 0.165 e. The molecule has 0 aliphatic heterocycles. The summed E-state index contributed by atoms with van der Waals surface area (Å²) in [7, 11) is 0. The van der Waals surface area contributed by atoms with Gasteiger partial charge in [-0.3, -0.25) is 0 Å². The minimum absolute atomic E-state index is 0.332. The molecule has 44 heavy (non-hydrogen) atoms. The molecule has 2 atom stereocenters. The van der Waals surface area contributed by atoms with Crippen LogP contribution in [0.4, 0.5) is 0 Å². The van der Waals surface area contributed by atoms with Crippen LogP contribution in [0.5, 0.6) is 0 Å². The first-order valence-corrected chi connectivity index (χ1v) is 15.5. The molecular weight excluding hydrogens is 534 g/mol. The van der Waals surface area contributed by atoms with Gasteiger partial charge in [-0.15, -0.1) is 0 Å². The first-order valence-electron chi connectivity index (χ1n) is 15.5. The van der Waals surface area contributed by atoms with E-state index in [0.717, 1.165) is 34.2 Å². The highest BCUT2D eigenvalue weighted by Gasteiger charge is 2.35. The largest absolute Gasteiger partial charge is 0.208 e. The van der Waals surface area contributed by atoms with Gasteiger partial charge in [-0.1, -0.05) is 102 Å². The van der Waals surface area contributed by atoms with Gasteiger partial charge in [-0.05, 0) is 96.5 Å². The van der Waals surface area contributed by atoms with Crippen LogP contribution in [0, 0.1) is 41.5 Å². The molecule has 0 saturated carbocycles. The van der Waals surface area contributed by atoms with E-state index in [0.29, 0.717) is 11.8 Å². The molecule has 5 aromatic carbocycles. The summed E-state index contributed by atoms with van der Waals surface area (Å²) in [4.78, 5) is 15.9. The van der Waals surface area contributed by atoms with Gasteiger partial charge in [0, 0.05) is 28.5 Å². The van der Waals surface area contributed by atoms with Gasteiger partial charge in [-0.2, -0.15) is 0 Å². The molecule has 0 fully saturated rings. The third-order valence-electron chi connectivity index (χ3n) is 9.61. The van der Waals surface area contributed by atoms with Gasteiger partial charge in [0.15, 0.2) is 17.5 Å². The van der Waals surface area contributed by atoms with Gasteiger partial charge in [0.2, 0.25) is 0 Å². The first-order chi connectivity index (χ1) is 21.3. The Kier molecular flexibility index (Phi) is 5.96. The van der Waals surface area contributed by atoms with Crippen LogP contribution < -0.4 is 0 Å². The third kappa shape index (κ3) is 3.92. The lowest BCUT2D eigenvalue weighted by atomic mass is 9.84. The van der Waals surface area contributed by atoms with Crippen LogP contribution in [-0.4, -0.2) is 15.0 Å². The van der Waals surface area contributed by atoms with Crippen molar-refractivity contribution in [2.24, 2.45) is 0 Å². The second-order valence-electron chi connectivity index (χ2n) is 12.8. The van der Waals surface area contributed by atoms with E-state index >= 15 is 0 Å². The predicted octanol–water partition coefficient (Wildman–Crippen LogP) is 10.3. The number of fused-ring (bicyclic) bond motifs is 5. The van der Waals surface area contributed by atoms with Crippen LogP contribution in [0.2, 0.25) is 0 Å². The molecule has 6 aromatic rings. The van der Waals surface area contributed by atoms with E-state index in [1.54, 1.807) is 0 Å². The van der Waals surface area contributed by atoms with Crippen LogP contribution >= 0.6 is 0 Å². The summed E-state index contributed by atoms with van der Waals surface area (Å²) < 4.78 is 0. The molecule has 214 valence electrons. The molecule has 3 nitrogen and oxygen atoms in total. The second kappa shape index (κ2) is 9.82. The molecule has 0 bridgehead atoms. The molecule has 2 unspecified atom stereocenters. The molecular formula is C41H35N3. The van der Waals surface area contributed by atoms with Gasteiger partial charge < -0.3 is 0 Å². The van der Waals surface area contributed by atoms with Crippen LogP contribution in [-0.2, 0) is 0 Å². The predicted molar refractivity (Wildman–Crippen MR) is 183 cm³/mol. The Balaban J connectivity index is 1.51. The monoisotopic (exact) mass is 569 g/mol. The smallest absolute Gasteiger partial charge is 0.165 e. The lowest BCUT2D eigenvalue weighted by Gasteiger charge is -2.19. The Morgan fingerprint density at radius 1 is 0.477 bits per heavy atom. The number of benzene rings is 5. The number of aromatic nitrogens is 3. The summed E-state index contributed by atoms with van der Waals surface area (Å²) in [6.07, 6.45) is 9.12. The number of nitrogens with zero attached hydrogens (tertiary/aromatic N) is 3. The van der Waals surface area contributed by atoms with E-state index in [2.05, 4.69) is 133 Å². The van der Waals surface area contributed by atoms with Crippen LogP contribution in [0.3, 0.4) is 0 Å². The Morgan fingerprint density at radius 2 is 0.955 bits per heavy atom. The normalized spacial score (nSPS) is 16.7. The van der Waals surface area contributed by atoms with Crippen molar-refractivity contribution in [1.82, 2.24) is 15.0 Å². The summed E-state index contributed by atoms with van der Waals surface area (Å²) in [5.41, 5.74) is 13.3. The summed E-state index contributed by atoms with van der Waals surface area (Å²) in [6, 6.07) is 24.5. The fraction of sp³-hybridized carbons (Fsp3) is 0.195. The molecule has 0 spiro atoms. The van der Waals surface area contributed by atoms with E-state index in [1.807, 2.05) is 0 Å². The molecule has 2 aliphatic carbocycles. The van der Waals surface area contributed by atoms with Crippen molar-refractivity contribution in [2.45, 2.75) is 53.4 Å². The van der Waals surface area contributed by atoms with Crippen molar-refractivity contribution >= 4 is 21.5 Å². The van der Waals surface area contributed by atoms with Gasteiger partial charge in [0.05, 0.1) is 0 Å². The maximum absolute atomic E-state index is 5.35. The van der Waals surface area contributed by atoms with Crippen molar-refractivity contribution in [3.63, 3.8) is 0 Å². The van der Waals surface area contributed by atoms with Crippen molar-refractivity contribution in [2.75, 3.05) is 0 Å². The summed E-state index contributed by atoms with van der Waals surface area (Å²) in [5.74, 6) is 2.86. The van der Waals surface area contributed by atoms with E-state index < -0.39 is 0 Å². The van der Waals surface area contributed by atoms with E-state index in [4.69, 9.17) is 15.0 Å².